The molecule has 1 aromatic carbocycles. The minimum absolute atomic E-state index is 0.0232. The lowest BCUT2D eigenvalue weighted by Crippen LogP contribution is -2.42. The molecule has 0 spiro atoms. The average Bonchev–Trinajstić information content (AvgIpc) is 2.93. The molecule has 1 saturated heterocycles. The van der Waals surface area contributed by atoms with E-state index < -0.39 is 0 Å². The molecule has 1 fully saturated rings. The van der Waals surface area contributed by atoms with Gasteiger partial charge in [-0.05, 0) is 18.4 Å². The van der Waals surface area contributed by atoms with E-state index in [-0.39, 0.29) is 18.2 Å². The second-order valence-electron chi connectivity index (χ2n) is 5.30. The Morgan fingerprint density at radius 2 is 2.18 bits per heavy atom. The van der Waals surface area contributed by atoms with Crippen molar-refractivity contribution in [3.05, 3.63) is 42.2 Å². The van der Waals surface area contributed by atoms with Gasteiger partial charge < -0.3 is 10.1 Å². The highest BCUT2D eigenvalue weighted by Crippen LogP contribution is 2.27. The molecule has 0 saturated carbocycles. The SMILES string of the molecule is Cn1ncnc1NC(=O)N[C@H]1CCO[C@@H](c2ccccc2)C1. The molecule has 7 nitrogen and oxygen atoms in total. The maximum atomic E-state index is 12.0. The Morgan fingerprint density at radius 3 is 2.91 bits per heavy atom. The number of benzene rings is 1. The van der Waals surface area contributed by atoms with Crippen LogP contribution in [0.1, 0.15) is 24.5 Å². The molecule has 7 heteroatoms. The molecule has 3 rings (SSSR count). The molecule has 2 N–H and O–H groups in total. The second-order valence-corrected chi connectivity index (χ2v) is 5.30. The summed E-state index contributed by atoms with van der Waals surface area (Å²) >= 11 is 0. The molecular weight excluding hydrogens is 282 g/mol. The number of rotatable bonds is 3. The second kappa shape index (κ2) is 6.57. The number of nitrogens with zero attached hydrogens (tertiary/aromatic N) is 3. The van der Waals surface area contributed by atoms with Gasteiger partial charge in [0.2, 0.25) is 5.95 Å². The van der Waals surface area contributed by atoms with Crippen molar-refractivity contribution < 1.29 is 9.53 Å². The predicted molar refractivity (Wildman–Crippen MR) is 81.3 cm³/mol. The molecule has 0 aliphatic carbocycles. The number of aromatic nitrogens is 3. The summed E-state index contributed by atoms with van der Waals surface area (Å²) in [4.78, 5) is 16.0. The first kappa shape index (κ1) is 14.5. The van der Waals surface area contributed by atoms with Crippen LogP contribution in [0.15, 0.2) is 36.7 Å². The monoisotopic (exact) mass is 301 g/mol. The molecule has 1 aliphatic rings. The summed E-state index contributed by atoms with van der Waals surface area (Å²) in [5, 5.41) is 9.57. The number of carbonyl (C=O) groups excluding carboxylic acids is 1. The molecule has 0 radical (unpaired) electrons. The first-order valence-corrected chi connectivity index (χ1v) is 7.30. The van der Waals surface area contributed by atoms with E-state index in [1.165, 1.54) is 11.0 Å². The van der Waals surface area contributed by atoms with Gasteiger partial charge in [0.15, 0.2) is 0 Å². The lowest BCUT2D eigenvalue weighted by Gasteiger charge is -2.30. The lowest BCUT2D eigenvalue weighted by atomic mass is 9.97. The third-order valence-electron chi connectivity index (χ3n) is 3.73. The fraction of sp³-hybridized carbons (Fsp3) is 0.400. The van der Waals surface area contributed by atoms with Crippen molar-refractivity contribution in [1.82, 2.24) is 20.1 Å². The van der Waals surface area contributed by atoms with Gasteiger partial charge in [0, 0.05) is 19.7 Å². The van der Waals surface area contributed by atoms with E-state index in [0.29, 0.717) is 12.6 Å². The summed E-state index contributed by atoms with van der Waals surface area (Å²) in [5.74, 6) is 0.421. The number of anilines is 1. The van der Waals surface area contributed by atoms with E-state index >= 15 is 0 Å². The van der Waals surface area contributed by atoms with Crippen molar-refractivity contribution in [2.75, 3.05) is 11.9 Å². The molecule has 2 heterocycles. The minimum atomic E-state index is -0.269. The van der Waals surface area contributed by atoms with E-state index in [4.69, 9.17) is 4.74 Å². The summed E-state index contributed by atoms with van der Waals surface area (Å²) < 4.78 is 7.31. The Kier molecular flexibility index (Phi) is 4.34. The van der Waals surface area contributed by atoms with E-state index in [0.717, 1.165) is 18.4 Å². The Morgan fingerprint density at radius 1 is 1.36 bits per heavy atom. The van der Waals surface area contributed by atoms with Crippen molar-refractivity contribution >= 4 is 12.0 Å². The minimum Gasteiger partial charge on any atom is -0.373 e. The maximum Gasteiger partial charge on any atom is 0.321 e. The zero-order valence-electron chi connectivity index (χ0n) is 12.4. The summed E-state index contributed by atoms with van der Waals surface area (Å²) in [6.07, 6.45) is 2.98. The van der Waals surface area contributed by atoms with Crippen LogP contribution < -0.4 is 10.6 Å². The van der Waals surface area contributed by atoms with Crippen LogP contribution in [0.3, 0.4) is 0 Å². The van der Waals surface area contributed by atoms with Crippen LogP contribution in [0.2, 0.25) is 0 Å². The van der Waals surface area contributed by atoms with Gasteiger partial charge >= 0.3 is 6.03 Å². The fourth-order valence-corrected chi connectivity index (χ4v) is 2.56. The maximum absolute atomic E-state index is 12.0. The summed E-state index contributed by atoms with van der Waals surface area (Å²) in [5.41, 5.74) is 1.14. The number of hydrogen-bond donors (Lipinski definition) is 2. The molecule has 1 aromatic heterocycles. The molecule has 0 unspecified atom stereocenters. The topological polar surface area (TPSA) is 81.1 Å². The van der Waals surface area contributed by atoms with Gasteiger partial charge in [-0.15, -0.1) is 0 Å². The number of nitrogens with one attached hydrogen (secondary N) is 2. The summed E-state index contributed by atoms with van der Waals surface area (Å²) in [6.45, 7) is 0.633. The Hall–Kier alpha value is -2.41. The number of amides is 2. The standard InChI is InChI=1S/C15H19N5O2/c1-20-14(16-10-17-20)19-15(21)18-12-7-8-22-13(9-12)11-5-3-2-4-6-11/h2-6,10,12-13H,7-9H2,1H3,(H2,16,17,18,19,21)/t12-,13+/m0/s1. The summed E-state index contributed by atoms with van der Waals surface area (Å²) in [7, 11) is 1.72. The number of hydrogen-bond acceptors (Lipinski definition) is 4. The number of aryl methyl sites for hydroxylation is 1. The largest absolute Gasteiger partial charge is 0.373 e. The first-order chi connectivity index (χ1) is 10.7. The van der Waals surface area contributed by atoms with Gasteiger partial charge in [0.1, 0.15) is 6.33 Å². The van der Waals surface area contributed by atoms with Crippen LogP contribution in [0.5, 0.6) is 0 Å². The van der Waals surface area contributed by atoms with Crippen molar-refractivity contribution in [2.24, 2.45) is 7.05 Å². The van der Waals surface area contributed by atoms with Crippen LogP contribution in [-0.4, -0.2) is 33.4 Å². The van der Waals surface area contributed by atoms with Crippen molar-refractivity contribution in [1.29, 1.82) is 0 Å². The van der Waals surface area contributed by atoms with Gasteiger partial charge in [-0.3, -0.25) is 5.32 Å². The van der Waals surface area contributed by atoms with Gasteiger partial charge in [-0.25, -0.2) is 9.48 Å². The van der Waals surface area contributed by atoms with Gasteiger partial charge in [-0.2, -0.15) is 10.1 Å². The van der Waals surface area contributed by atoms with E-state index in [2.05, 4.69) is 20.7 Å². The number of urea groups is 1. The third kappa shape index (κ3) is 3.43. The molecule has 2 atom stereocenters. The third-order valence-corrected chi connectivity index (χ3v) is 3.73. The smallest absolute Gasteiger partial charge is 0.321 e. The zero-order chi connectivity index (χ0) is 15.4. The average molecular weight is 301 g/mol. The molecule has 116 valence electrons. The number of carbonyl (C=O) groups is 1. The van der Waals surface area contributed by atoms with Crippen LogP contribution in [-0.2, 0) is 11.8 Å². The molecule has 2 amide bonds. The highest BCUT2D eigenvalue weighted by atomic mass is 16.5. The van der Waals surface area contributed by atoms with Crippen molar-refractivity contribution in [3.8, 4) is 0 Å². The van der Waals surface area contributed by atoms with Crippen LogP contribution in [0.4, 0.5) is 10.7 Å². The van der Waals surface area contributed by atoms with E-state index in [1.54, 1.807) is 7.05 Å². The first-order valence-electron chi connectivity index (χ1n) is 7.30. The fourth-order valence-electron chi connectivity index (χ4n) is 2.56. The summed E-state index contributed by atoms with van der Waals surface area (Å²) in [6, 6.07) is 9.88. The highest BCUT2D eigenvalue weighted by Gasteiger charge is 2.25. The molecular formula is C15H19N5O2. The van der Waals surface area contributed by atoms with E-state index in [1.807, 2.05) is 30.3 Å². The highest BCUT2D eigenvalue weighted by molar-refractivity contribution is 5.87. The quantitative estimate of drug-likeness (QED) is 0.906. The molecule has 0 bridgehead atoms. The number of ether oxygens (including phenoxy) is 1. The van der Waals surface area contributed by atoms with Crippen molar-refractivity contribution in [3.63, 3.8) is 0 Å². The van der Waals surface area contributed by atoms with Gasteiger partial charge in [0.25, 0.3) is 0 Å². The van der Waals surface area contributed by atoms with Crippen molar-refractivity contribution in [2.45, 2.75) is 25.0 Å². The van der Waals surface area contributed by atoms with Crippen LogP contribution >= 0.6 is 0 Å². The Balaban J connectivity index is 1.56. The Bertz CT molecular complexity index is 628. The normalized spacial score (nSPS) is 21.3. The van der Waals surface area contributed by atoms with Gasteiger partial charge in [-0.1, -0.05) is 30.3 Å². The van der Waals surface area contributed by atoms with E-state index in [9.17, 15) is 4.79 Å². The van der Waals surface area contributed by atoms with Crippen LogP contribution in [0, 0.1) is 0 Å². The molecule has 2 aromatic rings. The van der Waals surface area contributed by atoms with Gasteiger partial charge in [0.05, 0.1) is 6.10 Å². The molecule has 1 aliphatic heterocycles. The predicted octanol–water partition coefficient (Wildman–Crippen LogP) is 1.86. The van der Waals surface area contributed by atoms with Crippen LogP contribution in [0.25, 0.3) is 0 Å². The lowest BCUT2D eigenvalue weighted by molar-refractivity contribution is 0.00253. The Labute approximate surface area is 128 Å². The zero-order valence-corrected chi connectivity index (χ0v) is 12.4. The molecule has 22 heavy (non-hydrogen) atoms.